The second-order valence-corrected chi connectivity index (χ2v) is 7.66. The van der Waals surface area contributed by atoms with Crippen LogP contribution in [0.4, 0.5) is 5.69 Å². The molecule has 1 aliphatic rings. The number of ketones is 1. The number of anilines is 1. The number of benzene rings is 2. The molecule has 8 heteroatoms. The molecule has 168 valence electrons. The van der Waals surface area contributed by atoms with Gasteiger partial charge in [-0.05, 0) is 61.0 Å². The average molecular weight is 465 g/mol. The molecule has 7 nitrogen and oxygen atoms in total. The van der Waals surface area contributed by atoms with Crippen LogP contribution in [-0.2, 0) is 9.59 Å². The Balaban J connectivity index is 1.92. The average Bonchev–Trinajstić information content (AvgIpc) is 3.10. The maximum Gasteiger partial charge on any atom is 0.300 e. The highest BCUT2D eigenvalue weighted by Crippen LogP contribution is 2.43. The van der Waals surface area contributed by atoms with Crippen LogP contribution < -0.4 is 14.4 Å². The number of pyridine rings is 1. The summed E-state index contributed by atoms with van der Waals surface area (Å²) in [5, 5.41) is 11.6. The Labute approximate surface area is 195 Å². The van der Waals surface area contributed by atoms with E-state index in [0.717, 1.165) is 0 Å². The molecule has 1 saturated heterocycles. The van der Waals surface area contributed by atoms with Crippen molar-refractivity contribution >= 4 is 34.7 Å². The monoisotopic (exact) mass is 464 g/mol. The van der Waals surface area contributed by atoms with Crippen molar-refractivity contribution in [1.29, 1.82) is 0 Å². The molecule has 1 aliphatic heterocycles. The lowest BCUT2D eigenvalue weighted by Gasteiger charge is -2.25. The number of halogens is 1. The molecule has 3 aromatic rings. The number of aromatic nitrogens is 1. The van der Waals surface area contributed by atoms with E-state index in [1.807, 2.05) is 6.92 Å². The molecule has 2 aromatic carbocycles. The third kappa shape index (κ3) is 4.15. The SMILES string of the molecule is CCOc1ccc(N2C(=O)C(=O)/C(=C(/O)c3cc(Cl)ccc3OC)C2c2cccnc2)cc1. The van der Waals surface area contributed by atoms with Crippen molar-refractivity contribution in [3.05, 3.63) is 88.7 Å². The van der Waals surface area contributed by atoms with Gasteiger partial charge in [-0.1, -0.05) is 17.7 Å². The van der Waals surface area contributed by atoms with Gasteiger partial charge >= 0.3 is 0 Å². The van der Waals surface area contributed by atoms with E-state index < -0.39 is 17.7 Å². The van der Waals surface area contributed by atoms with Crippen molar-refractivity contribution in [3.8, 4) is 11.5 Å². The molecular formula is C25H21ClN2O5. The number of ether oxygens (including phenoxy) is 2. The van der Waals surface area contributed by atoms with Gasteiger partial charge in [-0.15, -0.1) is 0 Å². The number of carbonyl (C=O) groups is 2. The van der Waals surface area contributed by atoms with Gasteiger partial charge in [0.15, 0.2) is 0 Å². The Morgan fingerprint density at radius 2 is 1.91 bits per heavy atom. The molecule has 1 amide bonds. The van der Waals surface area contributed by atoms with E-state index in [1.165, 1.54) is 18.1 Å². The number of amides is 1. The predicted molar refractivity (Wildman–Crippen MR) is 125 cm³/mol. The lowest BCUT2D eigenvalue weighted by Crippen LogP contribution is -2.29. The highest BCUT2D eigenvalue weighted by Gasteiger charge is 2.47. The van der Waals surface area contributed by atoms with Gasteiger partial charge in [-0.25, -0.2) is 0 Å². The van der Waals surface area contributed by atoms with Gasteiger partial charge in [0.2, 0.25) is 0 Å². The van der Waals surface area contributed by atoms with Gasteiger partial charge in [0.1, 0.15) is 17.3 Å². The minimum absolute atomic E-state index is 0.0811. The fourth-order valence-electron chi connectivity index (χ4n) is 3.83. The molecule has 4 rings (SSSR count). The topological polar surface area (TPSA) is 89.0 Å². The van der Waals surface area contributed by atoms with E-state index in [-0.39, 0.29) is 16.9 Å². The molecule has 1 aromatic heterocycles. The van der Waals surface area contributed by atoms with E-state index in [1.54, 1.807) is 60.9 Å². The first-order valence-electron chi connectivity index (χ1n) is 10.2. The predicted octanol–water partition coefficient (Wildman–Crippen LogP) is 4.77. The number of hydrogen-bond acceptors (Lipinski definition) is 6. The van der Waals surface area contributed by atoms with Crippen LogP contribution in [0.25, 0.3) is 5.76 Å². The van der Waals surface area contributed by atoms with E-state index >= 15 is 0 Å². The van der Waals surface area contributed by atoms with Gasteiger partial charge in [-0.3, -0.25) is 19.5 Å². The van der Waals surface area contributed by atoms with Crippen LogP contribution in [0, 0.1) is 0 Å². The van der Waals surface area contributed by atoms with Crippen LogP contribution in [0.15, 0.2) is 72.6 Å². The van der Waals surface area contributed by atoms with Crippen molar-refractivity contribution in [2.75, 3.05) is 18.6 Å². The summed E-state index contributed by atoms with van der Waals surface area (Å²) in [4.78, 5) is 31.9. The van der Waals surface area contributed by atoms with Crippen molar-refractivity contribution in [2.24, 2.45) is 0 Å². The fraction of sp³-hybridized carbons (Fsp3) is 0.160. The van der Waals surface area contributed by atoms with Crippen molar-refractivity contribution in [3.63, 3.8) is 0 Å². The normalized spacial score (nSPS) is 17.3. The number of nitrogens with zero attached hydrogens (tertiary/aromatic N) is 2. The lowest BCUT2D eigenvalue weighted by atomic mass is 9.96. The zero-order chi connectivity index (χ0) is 23.5. The minimum Gasteiger partial charge on any atom is -0.507 e. The van der Waals surface area contributed by atoms with Gasteiger partial charge in [0.25, 0.3) is 11.7 Å². The molecule has 33 heavy (non-hydrogen) atoms. The number of hydrogen-bond donors (Lipinski definition) is 1. The molecule has 0 saturated carbocycles. The van der Waals surface area contributed by atoms with Gasteiger partial charge in [0.05, 0.1) is 30.9 Å². The maximum absolute atomic E-state index is 13.2. The molecule has 0 spiro atoms. The van der Waals surface area contributed by atoms with Crippen LogP contribution in [0.5, 0.6) is 11.5 Å². The van der Waals surface area contributed by atoms with E-state index in [4.69, 9.17) is 21.1 Å². The molecule has 0 aliphatic carbocycles. The summed E-state index contributed by atoms with van der Waals surface area (Å²) in [5.74, 6) is -1.02. The van der Waals surface area contributed by atoms with E-state index in [0.29, 0.717) is 34.4 Å². The number of methoxy groups -OCH3 is 1. The minimum atomic E-state index is -0.902. The highest BCUT2D eigenvalue weighted by atomic mass is 35.5. The van der Waals surface area contributed by atoms with E-state index in [9.17, 15) is 14.7 Å². The number of aliphatic hydroxyl groups excluding tert-OH is 1. The summed E-state index contributed by atoms with van der Waals surface area (Å²) in [5.41, 5.74) is 1.17. The Morgan fingerprint density at radius 3 is 2.55 bits per heavy atom. The van der Waals surface area contributed by atoms with Gasteiger partial charge in [0, 0.05) is 23.1 Å². The largest absolute Gasteiger partial charge is 0.507 e. The summed E-state index contributed by atoms with van der Waals surface area (Å²) in [7, 11) is 1.44. The number of Topliss-reactive ketones (excluding diaryl/α,β-unsaturated/α-hetero) is 1. The van der Waals surface area contributed by atoms with Crippen LogP contribution in [0.3, 0.4) is 0 Å². The third-order valence-electron chi connectivity index (χ3n) is 5.29. The van der Waals surface area contributed by atoms with Gasteiger partial charge in [-0.2, -0.15) is 0 Å². The standard InChI is InChI=1S/C25H21ClN2O5/c1-3-33-18-9-7-17(8-10-18)28-22(15-5-4-12-27-14-15)21(24(30)25(28)31)23(29)19-13-16(26)6-11-20(19)32-2/h4-14,22,29H,3H2,1-2H3/b23-21+. The molecule has 0 radical (unpaired) electrons. The number of aliphatic hydroxyl groups is 1. The first-order chi connectivity index (χ1) is 16.0. The number of rotatable bonds is 6. The van der Waals surface area contributed by atoms with Crippen molar-refractivity contribution < 1.29 is 24.2 Å². The molecular weight excluding hydrogens is 444 g/mol. The quantitative estimate of drug-likeness (QED) is 0.321. The number of carbonyl (C=O) groups excluding carboxylic acids is 2. The van der Waals surface area contributed by atoms with E-state index in [2.05, 4.69) is 4.98 Å². The third-order valence-corrected chi connectivity index (χ3v) is 5.52. The van der Waals surface area contributed by atoms with Gasteiger partial charge < -0.3 is 14.6 Å². The van der Waals surface area contributed by atoms with Crippen molar-refractivity contribution in [2.45, 2.75) is 13.0 Å². The maximum atomic E-state index is 13.2. The fourth-order valence-corrected chi connectivity index (χ4v) is 4.00. The molecule has 0 bridgehead atoms. The molecule has 1 N–H and O–H groups in total. The zero-order valence-electron chi connectivity index (χ0n) is 18.0. The first-order valence-corrected chi connectivity index (χ1v) is 10.6. The summed E-state index contributed by atoms with van der Waals surface area (Å²) in [6.45, 7) is 2.37. The zero-order valence-corrected chi connectivity index (χ0v) is 18.7. The highest BCUT2D eigenvalue weighted by molar-refractivity contribution is 6.51. The summed E-state index contributed by atoms with van der Waals surface area (Å²) in [6.07, 6.45) is 3.15. The summed E-state index contributed by atoms with van der Waals surface area (Å²) in [6, 6.07) is 14.0. The molecule has 1 fully saturated rings. The van der Waals surface area contributed by atoms with Crippen LogP contribution in [0.1, 0.15) is 24.1 Å². The molecule has 1 atom stereocenters. The van der Waals surface area contributed by atoms with Crippen LogP contribution >= 0.6 is 11.6 Å². The van der Waals surface area contributed by atoms with Crippen molar-refractivity contribution in [1.82, 2.24) is 4.98 Å². The van der Waals surface area contributed by atoms with Crippen LogP contribution in [0.2, 0.25) is 5.02 Å². The Hall–Kier alpha value is -3.84. The second-order valence-electron chi connectivity index (χ2n) is 7.23. The Bertz CT molecular complexity index is 1230. The summed E-state index contributed by atoms with van der Waals surface area (Å²) < 4.78 is 10.8. The molecule has 2 heterocycles. The van der Waals surface area contributed by atoms with Crippen LogP contribution in [-0.4, -0.2) is 35.5 Å². The second kappa shape index (κ2) is 9.34. The Kier molecular flexibility index (Phi) is 6.33. The first kappa shape index (κ1) is 22.4. The molecule has 1 unspecified atom stereocenters. The lowest BCUT2D eigenvalue weighted by molar-refractivity contribution is -0.132. The summed E-state index contributed by atoms with van der Waals surface area (Å²) >= 11 is 6.13. The Morgan fingerprint density at radius 1 is 1.15 bits per heavy atom. The smallest absolute Gasteiger partial charge is 0.300 e.